The van der Waals surface area contributed by atoms with Crippen LogP contribution in [0, 0.1) is 11.7 Å². The van der Waals surface area contributed by atoms with E-state index in [0.717, 1.165) is 35.0 Å². The zero-order valence-electron chi connectivity index (χ0n) is 14.5. The normalized spacial score (nSPS) is 11.6. The highest BCUT2D eigenvalue weighted by Gasteiger charge is 2.23. The molecule has 0 atom stereocenters. The summed E-state index contributed by atoms with van der Waals surface area (Å²) in [5, 5.41) is 2.60. The summed E-state index contributed by atoms with van der Waals surface area (Å²) in [6.45, 7) is 3.49. The van der Waals surface area contributed by atoms with Gasteiger partial charge in [0.2, 0.25) is 10.0 Å². The topological polar surface area (TPSA) is 92.8 Å². The van der Waals surface area contributed by atoms with Crippen molar-refractivity contribution in [2.45, 2.75) is 25.2 Å². The van der Waals surface area contributed by atoms with Crippen LogP contribution >= 0.6 is 0 Å². The summed E-state index contributed by atoms with van der Waals surface area (Å²) >= 11 is 0. The molecule has 1 N–H and O–H groups in total. The molecule has 25 heavy (non-hydrogen) atoms. The summed E-state index contributed by atoms with van der Waals surface area (Å²) < 4.78 is 42.9. The van der Waals surface area contributed by atoms with Crippen molar-refractivity contribution in [2.75, 3.05) is 26.7 Å². The Morgan fingerprint density at radius 3 is 2.40 bits per heavy atom. The Kier molecular flexibility index (Phi) is 7.98. The van der Waals surface area contributed by atoms with E-state index in [2.05, 4.69) is 5.32 Å². The summed E-state index contributed by atoms with van der Waals surface area (Å²) in [6, 6.07) is 4.24. The summed E-state index contributed by atoms with van der Waals surface area (Å²) in [7, 11) is -2.75. The average molecular weight is 374 g/mol. The van der Waals surface area contributed by atoms with Crippen molar-refractivity contribution in [3.63, 3.8) is 0 Å². The smallest absolute Gasteiger partial charge is 0.321 e. The maximum atomic E-state index is 12.9. The van der Waals surface area contributed by atoms with E-state index < -0.39 is 40.9 Å². The zero-order chi connectivity index (χ0) is 19.0. The minimum Gasteiger partial charge on any atom is -0.455 e. The minimum absolute atomic E-state index is 0.143. The predicted octanol–water partition coefficient (Wildman–Crippen LogP) is 1.15. The Morgan fingerprint density at radius 1 is 1.24 bits per heavy atom. The number of ether oxygens (including phenoxy) is 1. The molecule has 0 saturated carbocycles. The molecule has 0 saturated heterocycles. The number of carbonyl (C=O) groups is 2. The Balaban J connectivity index is 2.48. The highest BCUT2D eigenvalue weighted by Crippen LogP contribution is 2.14. The van der Waals surface area contributed by atoms with Crippen LogP contribution in [0.4, 0.5) is 4.39 Å². The molecule has 0 aliphatic rings. The lowest BCUT2D eigenvalue weighted by Gasteiger charge is -2.16. The van der Waals surface area contributed by atoms with Gasteiger partial charge in [0, 0.05) is 13.6 Å². The van der Waals surface area contributed by atoms with Crippen molar-refractivity contribution in [2.24, 2.45) is 5.92 Å². The van der Waals surface area contributed by atoms with Gasteiger partial charge in [-0.25, -0.2) is 12.8 Å². The molecule has 0 aliphatic heterocycles. The fourth-order valence-corrected chi connectivity index (χ4v) is 2.91. The van der Waals surface area contributed by atoms with Gasteiger partial charge >= 0.3 is 5.97 Å². The van der Waals surface area contributed by atoms with Crippen molar-refractivity contribution < 1.29 is 27.1 Å². The first-order valence-corrected chi connectivity index (χ1v) is 9.21. The van der Waals surface area contributed by atoms with Gasteiger partial charge in [-0.3, -0.25) is 9.59 Å². The molecule has 1 aromatic rings. The van der Waals surface area contributed by atoms with Gasteiger partial charge in [0.05, 0.1) is 4.90 Å². The molecule has 0 spiro atoms. The number of sulfonamides is 1. The molecule has 9 heteroatoms. The van der Waals surface area contributed by atoms with Crippen molar-refractivity contribution in [3.8, 4) is 0 Å². The predicted molar refractivity (Wildman–Crippen MR) is 89.6 cm³/mol. The van der Waals surface area contributed by atoms with E-state index in [4.69, 9.17) is 4.74 Å². The number of rotatable bonds is 9. The number of nitrogens with one attached hydrogen (secondary N) is 1. The van der Waals surface area contributed by atoms with Crippen LogP contribution in [-0.4, -0.2) is 51.3 Å². The Morgan fingerprint density at radius 2 is 1.84 bits per heavy atom. The second-order valence-electron chi connectivity index (χ2n) is 5.91. The van der Waals surface area contributed by atoms with Crippen LogP contribution in [0.15, 0.2) is 29.2 Å². The molecular formula is C16H23FN2O5S. The first kappa shape index (κ1) is 21.0. The summed E-state index contributed by atoms with van der Waals surface area (Å²) in [5.41, 5.74) is 0. The summed E-state index contributed by atoms with van der Waals surface area (Å²) in [4.78, 5) is 23.1. The lowest BCUT2D eigenvalue weighted by atomic mass is 10.1. The molecule has 0 unspecified atom stereocenters. The first-order chi connectivity index (χ1) is 11.6. The number of amides is 1. The Bertz CT molecular complexity index is 689. The summed E-state index contributed by atoms with van der Waals surface area (Å²) in [5.74, 6) is -1.43. The van der Waals surface area contributed by atoms with E-state index in [0.29, 0.717) is 12.5 Å². The summed E-state index contributed by atoms with van der Waals surface area (Å²) in [6.07, 6.45) is 0.804. The van der Waals surface area contributed by atoms with Gasteiger partial charge in [-0.05, 0) is 36.6 Å². The fourth-order valence-electron chi connectivity index (χ4n) is 1.80. The molecule has 1 aromatic carbocycles. The maximum Gasteiger partial charge on any atom is 0.321 e. The SMILES string of the molecule is CC(C)CCNC(=O)COC(=O)CN(C)S(=O)(=O)c1ccc(F)cc1. The quantitative estimate of drug-likeness (QED) is 0.655. The fraction of sp³-hybridized carbons (Fsp3) is 0.500. The number of esters is 1. The zero-order valence-corrected chi connectivity index (χ0v) is 15.3. The van der Waals surface area contributed by atoms with Crippen LogP contribution in [0.3, 0.4) is 0 Å². The van der Waals surface area contributed by atoms with Crippen LogP contribution in [-0.2, 0) is 24.3 Å². The van der Waals surface area contributed by atoms with Gasteiger partial charge in [0.1, 0.15) is 12.4 Å². The molecule has 0 heterocycles. The van der Waals surface area contributed by atoms with E-state index in [1.54, 1.807) is 0 Å². The molecule has 0 fully saturated rings. The number of carbonyl (C=O) groups excluding carboxylic acids is 2. The second kappa shape index (κ2) is 9.47. The largest absolute Gasteiger partial charge is 0.455 e. The average Bonchev–Trinajstić information content (AvgIpc) is 2.53. The monoisotopic (exact) mass is 374 g/mol. The molecule has 1 amide bonds. The van der Waals surface area contributed by atoms with Gasteiger partial charge in [-0.2, -0.15) is 4.31 Å². The van der Waals surface area contributed by atoms with Crippen molar-refractivity contribution >= 4 is 21.9 Å². The van der Waals surface area contributed by atoms with E-state index >= 15 is 0 Å². The van der Waals surface area contributed by atoms with E-state index in [1.807, 2.05) is 13.8 Å². The van der Waals surface area contributed by atoms with Crippen LogP contribution in [0.25, 0.3) is 0 Å². The van der Waals surface area contributed by atoms with Crippen molar-refractivity contribution in [1.29, 1.82) is 0 Å². The molecule has 7 nitrogen and oxygen atoms in total. The molecule has 0 aliphatic carbocycles. The minimum atomic E-state index is -3.95. The van der Waals surface area contributed by atoms with Gasteiger partial charge in [0.15, 0.2) is 6.61 Å². The molecule has 0 radical (unpaired) electrons. The number of likely N-dealkylation sites (N-methyl/N-ethyl adjacent to an activating group) is 1. The maximum absolute atomic E-state index is 12.9. The van der Waals surface area contributed by atoms with Crippen LogP contribution in [0.1, 0.15) is 20.3 Å². The van der Waals surface area contributed by atoms with Crippen LogP contribution in [0.2, 0.25) is 0 Å². The number of hydrogen-bond acceptors (Lipinski definition) is 5. The Hall–Kier alpha value is -2.00. The Labute approximate surface area is 147 Å². The van der Waals surface area contributed by atoms with E-state index in [-0.39, 0.29) is 4.90 Å². The van der Waals surface area contributed by atoms with Gasteiger partial charge in [-0.1, -0.05) is 13.8 Å². The molecule has 0 bridgehead atoms. The number of nitrogens with zero attached hydrogens (tertiary/aromatic N) is 1. The third-order valence-corrected chi connectivity index (χ3v) is 5.10. The second-order valence-corrected chi connectivity index (χ2v) is 7.95. The lowest BCUT2D eigenvalue weighted by molar-refractivity contribution is -0.148. The molecular weight excluding hydrogens is 351 g/mol. The molecule has 1 rings (SSSR count). The lowest BCUT2D eigenvalue weighted by Crippen LogP contribution is -2.35. The molecule has 0 aromatic heterocycles. The van der Waals surface area contributed by atoms with Crippen molar-refractivity contribution in [1.82, 2.24) is 9.62 Å². The third kappa shape index (κ3) is 7.18. The first-order valence-electron chi connectivity index (χ1n) is 7.77. The third-order valence-electron chi connectivity index (χ3n) is 3.28. The van der Waals surface area contributed by atoms with Gasteiger partial charge in [0.25, 0.3) is 5.91 Å². The van der Waals surface area contributed by atoms with Gasteiger partial charge in [-0.15, -0.1) is 0 Å². The standard InChI is InChI=1S/C16H23FN2O5S/c1-12(2)8-9-18-15(20)11-24-16(21)10-19(3)25(22,23)14-6-4-13(17)5-7-14/h4-7,12H,8-11H2,1-3H3,(H,18,20). The van der Waals surface area contributed by atoms with E-state index in [9.17, 15) is 22.4 Å². The van der Waals surface area contributed by atoms with Gasteiger partial charge < -0.3 is 10.1 Å². The number of benzene rings is 1. The number of halogens is 1. The van der Waals surface area contributed by atoms with E-state index in [1.165, 1.54) is 7.05 Å². The number of hydrogen-bond donors (Lipinski definition) is 1. The highest BCUT2D eigenvalue weighted by molar-refractivity contribution is 7.89. The highest BCUT2D eigenvalue weighted by atomic mass is 32.2. The van der Waals surface area contributed by atoms with Crippen LogP contribution < -0.4 is 5.32 Å². The van der Waals surface area contributed by atoms with Crippen LogP contribution in [0.5, 0.6) is 0 Å². The van der Waals surface area contributed by atoms with Crippen molar-refractivity contribution in [3.05, 3.63) is 30.1 Å². The molecule has 140 valence electrons.